The minimum Gasteiger partial charge on any atom is -0.478 e. The topological polar surface area (TPSA) is 127 Å². The molecule has 0 radical (unpaired) electrons. The second kappa shape index (κ2) is 21.2. The first kappa shape index (κ1) is 70.0. The fraction of sp³-hybridized carbons (Fsp3) is 0.412. The van der Waals surface area contributed by atoms with Crippen molar-refractivity contribution in [2.75, 3.05) is 0 Å². The highest BCUT2D eigenvalue weighted by atomic mass is 35.5. The van der Waals surface area contributed by atoms with Gasteiger partial charge in [0.1, 0.15) is 11.5 Å². The van der Waals surface area contributed by atoms with Gasteiger partial charge in [0.25, 0.3) is 10.5 Å². The Hall–Kier alpha value is -6.00. The van der Waals surface area contributed by atoms with Gasteiger partial charge >= 0.3 is 107 Å². The highest BCUT2D eigenvalue weighted by Crippen LogP contribution is 2.65. The first-order valence-corrected chi connectivity index (χ1v) is 18.1. The SMILES string of the molecule is O=C(Cl)c1cc(OC(F)=C(F)C(F)(F)C(F)(F)C(F)(F)C(F)(F)C(F)(F)C(F)(F)C(F)(F)F)cc(C(=O)Cl)c1.O=C(O)c1cc(OC(F)=C(F)C(F)(F)C(F)(F)C(F)(F)C(F)(F)C(F)(F)C(F)(F)C(F)(F)F)cc(C(=O)O)c1. The van der Waals surface area contributed by atoms with E-state index < -0.39 is 163 Å². The van der Waals surface area contributed by atoms with Crippen LogP contribution in [-0.4, -0.2) is 116 Å². The molecule has 0 saturated heterocycles. The number of rotatable bonds is 20. The number of ether oxygens (including phenoxy) is 2. The maximum atomic E-state index is 13.8. The zero-order valence-corrected chi connectivity index (χ0v) is 35.9. The lowest BCUT2D eigenvalue weighted by atomic mass is 9.91. The highest BCUT2D eigenvalue weighted by Gasteiger charge is 2.95. The number of aromatic carboxylic acids is 2. The number of allylic oxidation sites excluding steroid dienone is 2. The van der Waals surface area contributed by atoms with Gasteiger partial charge in [0.05, 0.1) is 11.1 Å². The summed E-state index contributed by atoms with van der Waals surface area (Å²) in [5, 5.41) is 14.4. The molecule has 8 nitrogen and oxygen atoms in total. The van der Waals surface area contributed by atoms with Crippen LogP contribution in [0.1, 0.15) is 41.4 Å². The van der Waals surface area contributed by atoms with Crippen molar-refractivity contribution in [1.82, 2.24) is 0 Å². The van der Waals surface area contributed by atoms with E-state index in [-0.39, 0.29) is 30.3 Å². The third-order valence-corrected chi connectivity index (χ3v) is 9.16. The summed E-state index contributed by atoms with van der Waals surface area (Å²) in [5.74, 6) is -118. The van der Waals surface area contributed by atoms with Crippen LogP contribution < -0.4 is 9.47 Å². The Balaban J connectivity index is 0.000000780. The molecule has 0 aliphatic heterocycles. The zero-order chi connectivity index (χ0) is 62.7. The number of hydrogen-bond acceptors (Lipinski definition) is 6. The number of alkyl halides is 30. The Bertz CT molecular complexity index is 2460. The summed E-state index contributed by atoms with van der Waals surface area (Å²) in [6, 6.07) is -6.64. The molecule has 0 fully saturated rings. The summed E-state index contributed by atoms with van der Waals surface area (Å²) >= 11 is 9.97. The van der Waals surface area contributed by atoms with Crippen LogP contribution in [0.4, 0.5) is 149 Å². The van der Waals surface area contributed by atoms with E-state index in [1.54, 1.807) is 0 Å². The molecule has 0 spiro atoms. The number of carbonyl (C=O) groups is 4. The van der Waals surface area contributed by atoms with Crippen molar-refractivity contribution in [3.05, 3.63) is 82.3 Å². The predicted octanol–water partition coefficient (Wildman–Crippen LogP) is 15.2. The lowest BCUT2D eigenvalue weighted by Gasteiger charge is -2.41. The van der Waals surface area contributed by atoms with E-state index in [4.69, 9.17) is 33.4 Å². The number of halogens is 36. The normalized spacial score (nSPS) is 15.1. The van der Waals surface area contributed by atoms with E-state index in [0.717, 1.165) is 0 Å². The van der Waals surface area contributed by atoms with Crippen LogP contribution in [-0.2, 0) is 0 Å². The summed E-state index contributed by atoms with van der Waals surface area (Å²) in [5.41, 5.74) is -4.28. The highest BCUT2D eigenvalue weighted by molar-refractivity contribution is 6.69. The summed E-state index contributed by atoms with van der Waals surface area (Å²) in [4.78, 5) is 44.0. The molecule has 0 bridgehead atoms. The van der Waals surface area contributed by atoms with Gasteiger partial charge in [-0.1, -0.05) is 0 Å². The Morgan fingerprint density at radius 3 is 0.718 bits per heavy atom. The number of carboxylic acids is 2. The Morgan fingerprint density at radius 2 is 0.513 bits per heavy atom. The van der Waals surface area contributed by atoms with Crippen molar-refractivity contribution in [1.29, 1.82) is 0 Å². The van der Waals surface area contributed by atoms with Crippen LogP contribution in [0.3, 0.4) is 0 Å². The fourth-order valence-electron chi connectivity index (χ4n) is 4.54. The predicted molar refractivity (Wildman–Crippen MR) is 178 cm³/mol. The van der Waals surface area contributed by atoms with Gasteiger partial charge in [-0.2, -0.15) is 149 Å². The molecule has 0 aromatic heterocycles. The van der Waals surface area contributed by atoms with Gasteiger partial charge in [-0.05, 0) is 59.6 Å². The van der Waals surface area contributed by atoms with E-state index in [9.17, 15) is 168 Å². The first-order valence-electron chi connectivity index (χ1n) is 17.3. The number of benzene rings is 2. The average Bonchev–Trinajstić information content (AvgIpc) is 3.26. The maximum absolute atomic E-state index is 13.8. The Morgan fingerprint density at radius 1 is 0.321 bits per heavy atom. The quantitative estimate of drug-likeness (QED) is 0.0762. The van der Waals surface area contributed by atoms with Gasteiger partial charge in [-0.25, -0.2) is 9.59 Å². The molecular formula is C34H8Cl2F34O8. The summed E-state index contributed by atoms with van der Waals surface area (Å²) in [7, 11) is 0. The molecule has 0 aliphatic rings. The van der Waals surface area contributed by atoms with E-state index in [1.165, 1.54) is 0 Å². The fourth-order valence-corrected chi connectivity index (χ4v) is 4.76. The summed E-state index contributed by atoms with van der Waals surface area (Å²) < 4.78 is 456. The molecule has 2 N–H and O–H groups in total. The van der Waals surface area contributed by atoms with Crippen LogP contribution in [0.15, 0.2) is 60.1 Å². The van der Waals surface area contributed by atoms with Crippen molar-refractivity contribution in [3.63, 3.8) is 0 Å². The molecule has 78 heavy (non-hydrogen) atoms. The molecule has 2 aromatic rings. The van der Waals surface area contributed by atoms with Crippen molar-refractivity contribution in [2.24, 2.45) is 0 Å². The van der Waals surface area contributed by atoms with Gasteiger partial charge in [-0.15, -0.1) is 0 Å². The second-order valence-corrected chi connectivity index (χ2v) is 14.6. The van der Waals surface area contributed by atoms with Crippen molar-refractivity contribution >= 4 is 45.6 Å². The smallest absolute Gasteiger partial charge is 0.460 e. The largest absolute Gasteiger partial charge is 0.478 e. The van der Waals surface area contributed by atoms with Crippen LogP contribution in [0.5, 0.6) is 11.5 Å². The van der Waals surface area contributed by atoms with Crippen LogP contribution in [0.25, 0.3) is 0 Å². The van der Waals surface area contributed by atoms with Crippen molar-refractivity contribution in [2.45, 2.75) is 83.4 Å². The Kier molecular flexibility index (Phi) is 19.1. The third-order valence-electron chi connectivity index (χ3n) is 8.73. The minimum atomic E-state index is -8.75. The van der Waals surface area contributed by atoms with E-state index in [0.29, 0.717) is 6.07 Å². The molecule has 444 valence electrons. The van der Waals surface area contributed by atoms with E-state index in [2.05, 4.69) is 9.47 Å². The summed E-state index contributed by atoms with van der Waals surface area (Å²) in [6.45, 7) is 0. The molecule has 44 heteroatoms. The summed E-state index contributed by atoms with van der Waals surface area (Å²) in [6.07, 6.45) is -15.7. The standard InChI is InChI=1S/C17H3Cl2F17O3.C17H5F17O5/c18-8(37)4-1-5(9(19)38)3-6(2-4)39-10(21)7(20)11(22,23)12(24,25)13(26,27)14(28,29)15(30,31)16(32,33)17(34,35)36;18-7(8(19)39-6-2-4(9(35)36)1-5(3-6)10(37)38)11(20,21)12(22,23)13(24,25)14(26,27)15(28,29)16(30,31)17(32,33)34/h1-3H;1-3H,(H,35,36)(H,37,38). The molecule has 0 heterocycles. The van der Waals surface area contributed by atoms with E-state index in [1.807, 2.05) is 0 Å². The molecule has 2 aromatic carbocycles. The van der Waals surface area contributed by atoms with Crippen molar-refractivity contribution < 1.29 is 188 Å². The maximum Gasteiger partial charge on any atom is 0.460 e. The van der Waals surface area contributed by atoms with Gasteiger partial charge in [0, 0.05) is 11.1 Å². The van der Waals surface area contributed by atoms with Gasteiger partial charge in [0.15, 0.2) is 0 Å². The average molecular weight is 1260 g/mol. The first-order chi connectivity index (χ1) is 34.0. The number of carbonyl (C=O) groups excluding carboxylic acids is 2. The molecule has 0 aliphatic carbocycles. The lowest BCUT2D eigenvalue weighted by molar-refractivity contribution is -0.451. The van der Waals surface area contributed by atoms with Crippen molar-refractivity contribution in [3.8, 4) is 11.5 Å². The molecule has 2 rings (SSSR count). The molecule has 0 saturated carbocycles. The lowest BCUT2D eigenvalue weighted by Crippen LogP contribution is -2.72. The van der Waals surface area contributed by atoms with Crippen LogP contribution in [0.2, 0.25) is 0 Å². The second-order valence-electron chi connectivity index (χ2n) is 13.9. The Labute approximate surface area is 411 Å². The van der Waals surface area contributed by atoms with Crippen LogP contribution >= 0.6 is 23.2 Å². The monoisotopic (exact) mass is 1260 g/mol. The van der Waals surface area contributed by atoms with Crippen LogP contribution in [0, 0.1) is 0 Å². The zero-order valence-electron chi connectivity index (χ0n) is 34.4. The minimum absolute atomic E-state index is 0.0273. The van der Waals surface area contributed by atoms with Gasteiger partial charge < -0.3 is 19.7 Å². The van der Waals surface area contributed by atoms with Gasteiger partial charge in [-0.3, -0.25) is 9.59 Å². The third kappa shape index (κ3) is 11.5. The molecule has 0 amide bonds. The number of carboxylic acid groups (broad SMARTS) is 2. The molecular weight excluding hydrogens is 1250 g/mol. The molecule has 0 atom stereocenters. The molecule has 0 unspecified atom stereocenters. The van der Waals surface area contributed by atoms with E-state index >= 15 is 0 Å². The van der Waals surface area contributed by atoms with Gasteiger partial charge in [0.2, 0.25) is 11.7 Å². The number of hydrogen-bond donors (Lipinski definition) is 2.